The van der Waals surface area contributed by atoms with Crippen molar-refractivity contribution in [2.24, 2.45) is 5.73 Å². The van der Waals surface area contributed by atoms with E-state index in [0.717, 1.165) is 4.47 Å². The predicted octanol–water partition coefficient (Wildman–Crippen LogP) is 0.447. The number of hydrogen-bond donors (Lipinski definition) is 4. The summed E-state index contributed by atoms with van der Waals surface area (Å²) in [6, 6.07) is 6.83. The van der Waals surface area contributed by atoms with Crippen LogP contribution in [0, 0.1) is 0 Å². The molecule has 1 unspecified atom stereocenters. The van der Waals surface area contributed by atoms with Crippen LogP contribution in [0.3, 0.4) is 0 Å². The number of aliphatic hydroxyl groups is 1. The molecule has 0 radical (unpaired) electrons. The Kier molecular flexibility index (Phi) is 7.24. The van der Waals surface area contributed by atoms with Crippen LogP contribution in [0.1, 0.15) is 0 Å². The minimum Gasteiger partial charge on any atom is -0.491 e. The molecule has 106 valence electrons. The average molecular weight is 332 g/mol. The molecule has 0 aliphatic rings. The zero-order chi connectivity index (χ0) is 14.1. The fraction of sp³-hybridized carbons (Fsp3) is 0.417. The first-order valence-electron chi connectivity index (χ1n) is 5.88. The van der Waals surface area contributed by atoms with Gasteiger partial charge in [0.2, 0.25) is 0 Å². The Balaban J connectivity index is 2.09. The van der Waals surface area contributed by atoms with Gasteiger partial charge in [-0.15, -0.1) is 0 Å². The number of nitrogens with two attached hydrogens (primary N) is 1. The van der Waals surface area contributed by atoms with Crippen molar-refractivity contribution in [3.63, 3.8) is 0 Å². The number of amides is 2. The summed E-state index contributed by atoms with van der Waals surface area (Å²) >= 11 is 3.33. The lowest BCUT2D eigenvalue weighted by Gasteiger charge is -2.13. The number of nitrogens with one attached hydrogen (secondary N) is 2. The number of rotatable bonds is 8. The third kappa shape index (κ3) is 7.66. The second-order valence-corrected chi connectivity index (χ2v) is 4.83. The number of primary amides is 1. The smallest absolute Gasteiger partial charge is 0.312 e. The minimum atomic E-state index is -0.614. The molecule has 6 nitrogen and oxygen atoms in total. The van der Waals surface area contributed by atoms with Gasteiger partial charge in [-0.2, -0.15) is 0 Å². The molecule has 0 heterocycles. The van der Waals surface area contributed by atoms with Crippen molar-refractivity contribution in [1.29, 1.82) is 0 Å². The van der Waals surface area contributed by atoms with E-state index in [1.54, 1.807) is 0 Å². The van der Waals surface area contributed by atoms with Gasteiger partial charge in [0.15, 0.2) is 0 Å². The van der Waals surface area contributed by atoms with Crippen LogP contribution in [0.5, 0.6) is 5.75 Å². The van der Waals surface area contributed by atoms with Gasteiger partial charge in [0, 0.05) is 24.1 Å². The van der Waals surface area contributed by atoms with Gasteiger partial charge in [-0.05, 0) is 24.3 Å². The van der Waals surface area contributed by atoms with E-state index in [1.807, 2.05) is 24.3 Å². The molecule has 0 bridgehead atoms. The molecule has 0 saturated heterocycles. The number of hydrogen-bond acceptors (Lipinski definition) is 4. The Labute approximate surface area is 120 Å². The average Bonchev–Trinajstić information content (AvgIpc) is 2.37. The quantitative estimate of drug-likeness (QED) is 0.520. The Morgan fingerprint density at radius 1 is 1.37 bits per heavy atom. The summed E-state index contributed by atoms with van der Waals surface area (Å²) in [5.41, 5.74) is 4.91. The number of carbonyl (C=O) groups is 1. The highest BCUT2D eigenvalue weighted by atomic mass is 79.9. The molecule has 7 heteroatoms. The lowest BCUT2D eigenvalue weighted by atomic mass is 10.3. The molecule has 0 aliphatic heterocycles. The summed E-state index contributed by atoms with van der Waals surface area (Å²) in [7, 11) is 0. The molecular formula is C12H18BrN3O3. The molecule has 1 aromatic carbocycles. The number of urea groups is 1. The molecule has 19 heavy (non-hydrogen) atoms. The molecule has 0 aliphatic carbocycles. The number of benzene rings is 1. The van der Waals surface area contributed by atoms with Gasteiger partial charge in [-0.1, -0.05) is 15.9 Å². The van der Waals surface area contributed by atoms with E-state index in [0.29, 0.717) is 25.4 Å². The normalized spacial score (nSPS) is 11.9. The molecule has 1 atom stereocenters. The molecule has 5 N–H and O–H groups in total. The number of carbonyl (C=O) groups excluding carboxylic acids is 1. The maximum absolute atomic E-state index is 10.4. The lowest BCUT2D eigenvalue weighted by molar-refractivity contribution is 0.106. The molecule has 0 aromatic heterocycles. The molecule has 2 amide bonds. The van der Waals surface area contributed by atoms with E-state index in [2.05, 4.69) is 26.6 Å². The van der Waals surface area contributed by atoms with Crippen molar-refractivity contribution >= 4 is 22.0 Å². The number of aliphatic hydroxyl groups excluding tert-OH is 1. The monoisotopic (exact) mass is 331 g/mol. The van der Waals surface area contributed by atoms with E-state index >= 15 is 0 Å². The Morgan fingerprint density at radius 3 is 2.68 bits per heavy atom. The van der Waals surface area contributed by atoms with Crippen LogP contribution in [-0.2, 0) is 0 Å². The maximum atomic E-state index is 10.4. The van der Waals surface area contributed by atoms with Gasteiger partial charge in [-0.25, -0.2) is 4.79 Å². The first kappa shape index (κ1) is 15.7. The van der Waals surface area contributed by atoms with Crippen LogP contribution in [0.15, 0.2) is 28.7 Å². The summed E-state index contributed by atoms with van der Waals surface area (Å²) in [5, 5.41) is 15.1. The highest BCUT2D eigenvalue weighted by Gasteiger charge is 2.04. The zero-order valence-electron chi connectivity index (χ0n) is 10.4. The van der Waals surface area contributed by atoms with Gasteiger partial charge in [0.1, 0.15) is 18.5 Å². The van der Waals surface area contributed by atoms with E-state index in [1.165, 1.54) is 0 Å². The van der Waals surface area contributed by atoms with Crippen molar-refractivity contribution < 1.29 is 14.6 Å². The Morgan fingerprint density at radius 2 is 2.05 bits per heavy atom. The second kappa shape index (κ2) is 8.73. The summed E-state index contributed by atoms with van der Waals surface area (Å²) in [4.78, 5) is 10.4. The van der Waals surface area contributed by atoms with Crippen molar-refractivity contribution in [1.82, 2.24) is 10.6 Å². The summed E-state index contributed by atoms with van der Waals surface area (Å²) < 4.78 is 6.39. The van der Waals surface area contributed by atoms with Gasteiger partial charge in [-0.3, -0.25) is 0 Å². The Bertz CT molecular complexity index is 386. The van der Waals surface area contributed by atoms with Crippen LogP contribution >= 0.6 is 15.9 Å². The van der Waals surface area contributed by atoms with Gasteiger partial charge >= 0.3 is 6.03 Å². The highest BCUT2D eigenvalue weighted by Crippen LogP contribution is 2.16. The summed E-state index contributed by atoms with van der Waals surface area (Å²) in [6.07, 6.45) is -0.614. The Hall–Kier alpha value is -1.31. The lowest BCUT2D eigenvalue weighted by Crippen LogP contribution is -2.38. The van der Waals surface area contributed by atoms with Crippen LogP contribution in [0.25, 0.3) is 0 Å². The number of ether oxygens (including phenoxy) is 1. The predicted molar refractivity (Wildman–Crippen MR) is 76.1 cm³/mol. The molecule has 0 fully saturated rings. The SMILES string of the molecule is NC(=O)NCCNCC(O)COc1ccc(Br)cc1. The maximum Gasteiger partial charge on any atom is 0.312 e. The van der Waals surface area contributed by atoms with Gasteiger partial charge in [0.25, 0.3) is 0 Å². The molecule has 0 saturated carbocycles. The van der Waals surface area contributed by atoms with Crippen molar-refractivity contribution in [2.45, 2.75) is 6.10 Å². The van der Waals surface area contributed by atoms with Gasteiger partial charge < -0.3 is 26.2 Å². The van der Waals surface area contributed by atoms with E-state index in [9.17, 15) is 9.90 Å². The fourth-order valence-electron chi connectivity index (χ4n) is 1.32. The third-order valence-electron chi connectivity index (χ3n) is 2.24. The molecular weight excluding hydrogens is 314 g/mol. The third-order valence-corrected chi connectivity index (χ3v) is 2.77. The highest BCUT2D eigenvalue weighted by molar-refractivity contribution is 9.10. The molecule has 0 spiro atoms. The van der Waals surface area contributed by atoms with E-state index < -0.39 is 12.1 Å². The van der Waals surface area contributed by atoms with Crippen molar-refractivity contribution in [3.05, 3.63) is 28.7 Å². The molecule has 1 aromatic rings. The first-order chi connectivity index (χ1) is 9.08. The van der Waals surface area contributed by atoms with Gasteiger partial charge in [0.05, 0.1) is 0 Å². The first-order valence-corrected chi connectivity index (χ1v) is 6.67. The summed E-state index contributed by atoms with van der Waals surface area (Å²) in [5.74, 6) is 0.706. The van der Waals surface area contributed by atoms with Crippen LogP contribution < -0.4 is 21.1 Å². The van der Waals surface area contributed by atoms with Crippen LogP contribution in [-0.4, -0.2) is 43.5 Å². The fourth-order valence-corrected chi connectivity index (χ4v) is 1.59. The number of halogens is 1. The zero-order valence-corrected chi connectivity index (χ0v) is 12.0. The largest absolute Gasteiger partial charge is 0.491 e. The van der Waals surface area contributed by atoms with Crippen molar-refractivity contribution in [2.75, 3.05) is 26.2 Å². The van der Waals surface area contributed by atoms with E-state index in [-0.39, 0.29) is 6.61 Å². The summed E-state index contributed by atoms with van der Waals surface area (Å²) in [6.45, 7) is 1.56. The molecule has 1 rings (SSSR count). The standard InChI is InChI=1S/C12H18BrN3O3/c13-9-1-3-11(4-2-9)19-8-10(17)7-15-5-6-16-12(14)18/h1-4,10,15,17H,5-8H2,(H3,14,16,18). The van der Waals surface area contributed by atoms with Crippen molar-refractivity contribution in [3.8, 4) is 5.75 Å². The minimum absolute atomic E-state index is 0.206. The van der Waals surface area contributed by atoms with Crippen LogP contribution in [0.4, 0.5) is 4.79 Å². The van der Waals surface area contributed by atoms with Crippen LogP contribution in [0.2, 0.25) is 0 Å². The topological polar surface area (TPSA) is 96.6 Å². The second-order valence-electron chi connectivity index (χ2n) is 3.91. The van der Waals surface area contributed by atoms with E-state index in [4.69, 9.17) is 10.5 Å².